The standard InChI is InChI=1S/C19H21N3O2/c1-13-4-3-5-17(10-13)21-19(24)20-12-15-6-7-18-16(11-15)8-9-22(18)14(2)23/h3-7,10-11H,8-9,12H2,1-2H3,(H2,20,21,24). The Balaban J connectivity index is 1.59. The first kappa shape index (κ1) is 16.1. The van der Waals surface area contributed by atoms with Gasteiger partial charge in [0.05, 0.1) is 0 Å². The van der Waals surface area contributed by atoms with Gasteiger partial charge < -0.3 is 15.5 Å². The second kappa shape index (κ2) is 6.74. The Morgan fingerprint density at radius 2 is 2.00 bits per heavy atom. The Kier molecular flexibility index (Phi) is 4.51. The second-order valence-electron chi connectivity index (χ2n) is 6.06. The van der Waals surface area contributed by atoms with Crippen LogP contribution in [0.4, 0.5) is 16.2 Å². The van der Waals surface area contributed by atoms with Crippen LogP contribution in [0.5, 0.6) is 0 Å². The van der Waals surface area contributed by atoms with Gasteiger partial charge in [-0.1, -0.05) is 24.3 Å². The fourth-order valence-corrected chi connectivity index (χ4v) is 2.97. The summed E-state index contributed by atoms with van der Waals surface area (Å²) in [5, 5.41) is 5.69. The van der Waals surface area contributed by atoms with Gasteiger partial charge in [0.25, 0.3) is 0 Å². The van der Waals surface area contributed by atoms with Gasteiger partial charge in [0.2, 0.25) is 5.91 Å². The molecule has 0 unspecified atom stereocenters. The molecule has 0 spiro atoms. The van der Waals surface area contributed by atoms with Crippen LogP contribution in [0.1, 0.15) is 23.6 Å². The first-order valence-electron chi connectivity index (χ1n) is 8.04. The minimum atomic E-state index is -0.230. The van der Waals surface area contributed by atoms with Crippen molar-refractivity contribution in [3.8, 4) is 0 Å². The first-order chi connectivity index (χ1) is 11.5. The molecule has 0 aromatic heterocycles. The molecular formula is C19H21N3O2. The van der Waals surface area contributed by atoms with E-state index in [1.165, 1.54) is 0 Å². The maximum Gasteiger partial charge on any atom is 0.319 e. The summed E-state index contributed by atoms with van der Waals surface area (Å²) in [7, 11) is 0. The van der Waals surface area contributed by atoms with E-state index < -0.39 is 0 Å². The normalized spacial score (nSPS) is 12.7. The molecule has 1 heterocycles. The smallest absolute Gasteiger partial charge is 0.319 e. The highest BCUT2D eigenvalue weighted by Crippen LogP contribution is 2.28. The van der Waals surface area contributed by atoms with Crippen molar-refractivity contribution in [3.63, 3.8) is 0 Å². The molecule has 2 aromatic rings. The number of nitrogens with zero attached hydrogens (tertiary/aromatic N) is 1. The zero-order chi connectivity index (χ0) is 17.1. The number of hydrogen-bond donors (Lipinski definition) is 2. The summed E-state index contributed by atoms with van der Waals surface area (Å²) in [6.07, 6.45) is 0.859. The summed E-state index contributed by atoms with van der Waals surface area (Å²) in [5.74, 6) is 0.0668. The van der Waals surface area contributed by atoms with Crippen molar-refractivity contribution in [1.29, 1.82) is 0 Å². The van der Waals surface area contributed by atoms with Gasteiger partial charge in [0.1, 0.15) is 0 Å². The lowest BCUT2D eigenvalue weighted by molar-refractivity contribution is -0.116. The van der Waals surface area contributed by atoms with Crippen LogP contribution >= 0.6 is 0 Å². The Morgan fingerprint density at radius 1 is 1.17 bits per heavy atom. The Hall–Kier alpha value is -2.82. The van der Waals surface area contributed by atoms with Gasteiger partial charge in [0.15, 0.2) is 0 Å². The third-order valence-corrected chi connectivity index (χ3v) is 4.15. The molecular weight excluding hydrogens is 302 g/mol. The number of urea groups is 1. The summed E-state index contributed by atoms with van der Waals surface area (Å²) in [6, 6.07) is 13.4. The number of carbonyl (C=O) groups excluding carboxylic acids is 2. The molecule has 5 nitrogen and oxygen atoms in total. The summed E-state index contributed by atoms with van der Waals surface area (Å²) < 4.78 is 0. The number of nitrogens with one attached hydrogen (secondary N) is 2. The van der Waals surface area contributed by atoms with Crippen LogP contribution in [0, 0.1) is 6.92 Å². The van der Waals surface area contributed by atoms with E-state index in [1.807, 2.05) is 43.3 Å². The molecule has 0 bridgehead atoms. The van der Waals surface area contributed by atoms with Crippen LogP contribution in [0.15, 0.2) is 42.5 Å². The SMILES string of the molecule is CC(=O)N1CCc2cc(CNC(=O)Nc3cccc(C)c3)ccc21. The highest BCUT2D eigenvalue weighted by molar-refractivity contribution is 5.93. The molecule has 1 aliphatic heterocycles. The van der Waals surface area contributed by atoms with Crippen molar-refractivity contribution in [2.75, 3.05) is 16.8 Å². The van der Waals surface area contributed by atoms with Crippen molar-refractivity contribution >= 4 is 23.3 Å². The van der Waals surface area contributed by atoms with Gasteiger partial charge >= 0.3 is 6.03 Å². The van der Waals surface area contributed by atoms with Crippen LogP contribution in [-0.4, -0.2) is 18.5 Å². The molecule has 2 aromatic carbocycles. The fourth-order valence-electron chi connectivity index (χ4n) is 2.97. The summed E-state index contributed by atoms with van der Waals surface area (Å²) in [6.45, 7) is 4.75. The molecule has 0 atom stereocenters. The molecule has 2 N–H and O–H groups in total. The van der Waals surface area contributed by atoms with Crippen molar-refractivity contribution in [3.05, 3.63) is 59.2 Å². The van der Waals surface area contributed by atoms with E-state index in [9.17, 15) is 9.59 Å². The molecule has 0 fully saturated rings. The third kappa shape index (κ3) is 3.56. The number of anilines is 2. The average molecular weight is 323 g/mol. The van der Waals surface area contributed by atoms with E-state index in [1.54, 1.807) is 11.8 Å². The van der Waals surface area contributed by atoms with Crippen molar-refractivity contribution in [2.24, 2.45) is 0 Å². The van der Waals surface area contributed by atoms with Crippen LogP contribution in [-0.2, 0) is 17.8 Å². The lowest BCUT2D eigenvalue weighted by Crippen LogP contribution is -2.28. The first-order valence-corrected chi connectivity index (χ1v) is 8.04. The number of hydrogen-bond acceptors (Lipinski definition) is 2. The molecule has 0 saturated carbocycles. The molecule has 3 rings (SSSR count). The van der Waals surface area contributed by atoms with Gasteiger partial charge in [0, 0.05) is 31.4 Å². The van der Waals surface area contributed by atoms with Crippen LogP contribution < -0.4 is 15.5 Å². The topological polar surface area (TPSA) is 61.4 Å². The number of carbonyl (C=O) groups is 2. The van der Waals surface area contributed by atoms with Crippen molar-refractivity contribution in [1.82, 2.24) is 5.32 Å². The number of rotatable bonds is 3. The predicted octanol–water partition coefficient (Wildman–Crippen LogP) is 3.23. The van der Waals surface area contributed by atoms with E-state index in [2.05, 4.69) is 16.7 Å². The van der Waals surface area contributed by atoms with Crippen molar-refractivity contribution < 1.29 is 9.59 Å². The highest BCUT2D eigenvalue weighted by Gasteiger charge is 2.21. The molecule has 3 amide bonds. The second-order valence-corrected chi connectivity index (χ2v) is 6.06. The minimum absolute atomic E-state index is 0.0668. The van der Waals surface area contributed by atoms with E-state index >= 15 is 0 Å². The fraction of sp³-hybridized carbons (Fsp3) is 0.263. The summed E-state index contributed by atoms with van der Waals surface area (Å²) in [5.41, 5.74) is 5.04. The number of fused-ring (bicyclic) bond motifs is 1. The minimum Gasteiger partial charge on any atom is -0.334 e. The summed E-state index contributed by atoms with van der Waals surface area (Å²) >= 11 is 0. The van der Waals surface area contributed by atoms with E-state index in [-0.39, 0.29) is 11.9 Å². The van der Waals surface area contributed by atoms with Gasteiger partial charge in [-0.25, -0.2) is 4.79 Å². The van der Waals surface area contributed by atoms with Crippen LogP contribution in [0.3, 0.4) is 0 Å². The van der Waals surface area contributed by atoms with E-state index in [0.717, 1.165) is 41.0 Å². The lowest BCUT2D eigenvalue weighted by atomic mass is 10.1. The maximum absolute atomic E-state index is 12.0. The highest BCUT2D eigenvalue weighted by atomic mass is 16.2. The zero-order valence-corrected chi connectivity index (χ0v) is 13.9. The molecule has 1 aliphatic rings. The largest absolute Gasteiger partial charge is 0.334 e. The Morgan fingerprint density at radius 3 is 2.75 bits per heavy atom. The molecule has 0 saturated heterocycles. The van der Waals surface area contributed by atoms with E-state index in [0.29, 0.717) is 6.54 Å². The Bertz CT molecular complexity index is 786. The Labute approximate surface area is 141 Å². The van der Waals surface area contributed by atoms with Crippen LogP contribution in [0.25, 0.3) is 0 Å². The lowest BCUT2D eigenvalue weighted by Gasteiger charge is -2.15. The summed E-state index contributed by atoms with van der Waals surface area (Å²) in [4.78, 5) is 25.4. The predicted molar refractivity (Wildman–Crippen MR) is 95.2 cm³/mol. The molecule has 0 radical (unpaired) electrons. The molecule has 124 valence electrons. The maximum atomic E-state index is 12.0. The monoisotopic (exact) mass is 323 g/mol. The number of aryl methyl sites for hydroxylation is 1. The molecule has 0 aliphatic carbocycles. The van der Waals surface area contributed by atoms with Gasteiger partial charge in [-0.2, -0.15) is 0 Å². The van der Waals surface area contributed by atoms with Gasteiger partial charge in [-0.15, -0.1) is 0 Å². The van der Waals surface area contributed by atoms with Crippen molar-refractivity contribution in [2.45, 2.75) is 26.8 Å². The van der Waals surface area contributed by atoms with Gasteiger partial charge in [-0.05, 0) is 48.2 Å². The quantitative estimate of drug-likeness (QED) is 0.911. The van der Waals surface area contributed by atoms with Crippen LogP contribution in [0.2, 0.25) is 0 Å². The third-order valence-electron chi connectivity index (χ3n) is 4.15. The molecule has 5 heteroatoms. The van der Waals surface area contributed by atoms with Gasteiger partial charge in [-0.3, -0.25) is 4.79 Å². The zero-order valence-electron chi connectivity index (χ0n) is 13.9. The average Bonchev–Trinajstić information content (AvgIpc) is 2.96. The van der Waals surface area contributed by atoms with E-state index in [4.69, 9.17) is 0 Å². The molecule has 24 heavy (non-hydrogen) atoms. The number of benzene rings is 2. The number of amides is 3.